The van der Waals surface area contributed by atoms with Crippen LogP contribution in [0.2, 0.25) is 0 Å². The molecule has 0 bridgehead atoms. The van der Waals surface area contributed by atoms with E-state index < -0.39 is 0 Å². The van der Waals surface area contributed by atoms with E-state index in [1.807, 2.05) is 0 Å². The molecule has 0 saturated carbocycles. The topological polar surface area (TPSA) is 26.3 Å². The van der Waals surface area contributed by atoms with Crippen LogP contribution in [-0.2, 0) is 21.6 Å². The van der Waals surface area contributed by atoms with Crippen molar-refractivity contribution < 1.29 is 9.53 Å². The molecule has 0 atom stereocenters. The highest BCUT2D eigenvalue weighted by Gasteiger charge is 2.13. The molecule has 1 aromatic rings. The fraction of sp³-hybridized carbons (Fsp3) is 0.632. The fourth-order valence-electron chi connectivity index (χ4n) is 2.21. The first kappa shape index (κ1) is 17.7. The molecule has 0 N–H and O–H groups in total. The second kappa shape index (κ2) is 8.86. The van der Waals surface area contributed by atoms with Gasteiger partial charge in [0.15, 0.2) is 0 Å². The Hall–Kier alpha value is -1.31. The van der Waals surface area contributed by atoms with Crippen LogP contribution in [-0.4, -0.2) is 5.97 Å². The third-order valence-electron chi connectivity index (χ3n) is 3.70. The Morgan fingerprint density at radius 2 is 1.62 bits per heavy atom. The van der Waals surface area contributed by atoms with E-state index in [4.69, 9.17) is 4.74 Å². The molecule has 1 aromatic carbocycles. The van der Waals surface area contributed by atoms with Crippen molar-refractivity contribution in [3.8, 4) is 0 Å². The Balaban J connectivity index is 2.27. The maximum Gasteiger partial charge on any atom is 0.306 e. The van der Waals surface area contributed by atoms with Gasteiger partial charge < -0.3 is 4.74 Å². The lowest BCUT2D eigenvalue weighted by atomic mass is 9.87. The predicted molar refractivity (Wildman–Crippen MR) is 88.3 cm³/mol. The molecule has 0 saturated heterocycles. The lowest BCUT2D eigenvalue weighted by Crippen LogP contribution is -2.11. The molecule has 0 aromatic heterocycles. The van der Waals surface area contributed by atoms with Gasteiger partial charge in [0.2, 0.25) is 0 Å². The number of ether oxygens (including phenoxy) is 1. The Morgan fingerprint density at radius 3 is 2.19 bits per heavy atom. The molecule has 0 aliphatic heterocycles. The third-order valence-corrected chi connectivity index (χ3v) is 3.70. The average Bonchev–Trinajstić information content (AvgIpc) is 2.44. The molecule has 0 spiro atoms. The summed E-state index contributed by atoms with van der Waals surface area (Å²) in [7, 11) is 0. The van der Waals surface area contributed by atoms with Crippen molar-refractivity contribution in [3.05, 3.63) is 35.4 Å². The van der Waals surface area contributed by atoms with Gasteiger partial charge in [0, 0.05) is 6.42 Å². The first-order chi connectivity index (χ1) is 9.93. The molecule has 0 fully saturated rings. The molecule has 2 nitrogen and oxygen atoms in total. The number of benzene rings is 1. The summed E-state index contributed by atoms with van der Waals surface area (Å²) >= 11 is 0. The zero-order valence-corrected chi connectivity index (χ0v) is 14.1. The second-order valence-electron chi connectivity index (χ2n) is 6.77. The van der Waals surface area contributed by atoms with Crippen LogP contribution in [0.25, 0.3) is 0 Å². The fourth-order valence-corrected chi connectivity index (χ4v) is 2.21. The number of esters is 1. The number of carbonyl (C=O) groups is 1. The smallest absolute Gasteiger partial charge is 0.306 e. The van der Waals surface area contributed by atoms with E-state index in [2.05, 4.69) is 52.0 Å². The number of rotatable bonds is 8. The van der Waals surface area contributed by atoms with Gasteiger partial charge in [-0.25, -0.2) is 0 Å². The molecule has 0 radical (unpaired) electrons. The molecular formula is C19H30O2. The lowest BCUT2D eigenvalue weighted by Gasteiger charge is -2.19. The molecule has 0 aliphatic carbocycles. The summed E-state index contributed by atoms with van der Waals surface area (Å²) in [6, 6.07) is 8.34. The van der Waals surface area contributed by atoms with E-state index in [1.54, 1.807) is 0 Å². The van der Waals surface area contributed by atoms with Crippen LogP contribution in [0.3, 0.4) is 0 Å². The van der Waals surface area contributed by atoms with Gasteiger partial charge in [-0.05, 0) is 23.0 Å². The molecule has 0 amide bonds. The minimum absolute atomic E-state index is 0.0774. The minimum Gasteiger partial charge on any atom is -0.461 e. The van der Waals surface area contributed by atoms with Crippen LogP contribution in [0.5, 0.6) is 0 Å². The normalized spacial score (nSPS) is 11.4. The van der Waals surface area contributed by atoms with E-state index in [0.29, 0.717) is 13.0 Å². The summed E-state index contributed by atoms with van der Waals surface area (Å²) < 4.78 is 5.32. The van der Waals surface area contributed by atoms with Crippen molar-refractivity contribution in [1.82, 2.24) is 0 Å². The first-order valence-electron chi connectivity index (χ1n) is 8.18. The largest absolute Gasteiger partial charge is 0.461 e. The van der Waals surface area contributed by atoms with Gasteiger partial charge in [0.25, 0.3) is 0 Å². The van der Waals surface area contributed by atoms with Crippen LogP contribution in [0.1, 0.15) is 77.3 Å². The predicted octanol–water partition coefficient (Wildman–Crippen LogP) is 5.39. The van der Waals surface area contributed by atoms with Crippen LogP contribution in [0.4, 0.5) is 0 Å². The van der Waals surface area contributed by atoms with Gasteiger partial charge >= 0.3 is 5.97 Å². The van der Waals surface area contributed by atoms with Crippen molar-refractivity contribution in [2.24, 2.45) is 0 Å². The maximum absolute atomic E-state index is 11.7. The summed E-state index contributed by atoms with van der Waals surface area (Å²) in [6.45, 7) is 9.17. The summed E-state index contributed by atoms with van der Waals surface area (Å²) in [6.07, 6.45) is 6.33. The SMILES string of the molecule is CCCCCCCC(=O)OCc1ccc(C(C)(C)C)cc1. The van der Waals surface area contributed by atoms with E-state index in [9.17, 15) is 4.79 Å². The number of hydrogen-bond donors (Lipinski definition) is 0. The summed E-state index contributed by atoms with van der Waals surface area (Å²) in [5.74, 6) is -0.0774. The van der Waals surface area contributed by atoms with Gasteiger partial charge in [-0.2, -0.15) is 0 Å². The summed E-state index contributed by atoms with van der Waals surface area (Å²) in [5, 5.41) is 0. The van der Waals surface area contributed by atoms with E-state index in [0.717, 1.165) is 18.4 Å². The van der Waals surface area contributed by atoms with Crippen molar-refractivity contribution in [3.63, 3.8) is 0 Å². The van der Waals surface area contributed by atoms with Crippen LogP contribution in [0, 0.1) is 0 Å². The standard InChI is InChI=1S/C19H30O2/c1-5-6-7-8-9-10-18(20)21-15-16-11-13-17(14-12-16)19(2,3)4/h11-14H,5-10,15H2,1-4H3. The molecule has 1 rings (SSSR count). The molecule has 0 heterocycles. The molecule has 118 valence electrons. The molecule has 21 heavy (non-hydrogen) atoms. The maximum atomic E-state index is 11.7. The highest BCUT2D eigenvalue weighted by molar-refractivity contribution is 5.69. The summed E-state index contributed by atoms with van der Waals surface area (Å²) in [4.78, 5) is 11.7. The van der Waals surface area contributed by atoms with E-state index >= 15 is 0 Å². The third kappa shape index (κ3) is 7.31. The van der Waals surface area contributed by atoms with Crippen molar-refractivity contribution in [2.75, 3.05) is 0 Å². The quantitative estimate of drug-likeness (QED) is 0.474. The van der Waals surface area contributed by atoms with E-state index in [1.165, 1.54) is 24.8 Å². The molecule has 2 heteroatoms. The lowest BCUT2D eigenvalue weighted by molar-refractivity contribution is -0.145. The van der Waals surface area contributed by atoms with Crippen LogP contribution >= 0.6 is 0 Å². The second-order valence-corrected chi connectivity index (χ2v) is 6.77. The van der Waals surface area contributed by atoms with Crippen molar-refractivity contribution >= 4 is 5.97 Å². The van der Waals surface area contributed by atoms with Crippen LogP contribution in [0.15, 0.2) is 24.3 Å². The Bertz CT molecular complexity index is 412. The van der Waals surface area contributed by atoms with Crippen LogP contribution < -0.4 is 0 Å². The number of carbonyl (C=O) groups excluding carboxylic acids is 1. The van der Waals surface area contributed by atoms with E-state index in [-0.39, 0.29) is 11.4 Å². The van der Waals surface area contributed by atoms with Crippen molar-refractivity contribution in [2.45, 2.75) is 78.2 Å². The van der Waals surface area contributed by atoms with Gasteiger partial charge in [0.05, 0.1) is 0 Å². The van der Waals surface area contributed by atoms with Gasteiger partial charge in [0.1, 0.15) is 6.61 Å². The molecular weight excluding hydrogens is 260 g/mol. The Morgan fingerprint density at radius 1 is 1.00 bits per heavy atom. The Kier molecular flexibility index (Phi) is 7.49. The zero-order chi connectivity index (χ0) is 15.7. The number of unbranched alkanes of at least 4 members (excludes halogenated alkanes) is 4. The van der Waals surface area contributed by atoms with Crippen molar-refractivity contribution in [1.29, 1.82) is 0 Å². The molecule has 0 aliphatic rings. The van der Waals surface area contributed by atoms with Gasteiger partial charge in [-0.1, -0.05) is 77.6 Å². The number of hydrogen-bond acceptors (Lipinski definition) is 2. The highest BCUT2D eigenvalue weighted by atomic mass is 16.5. The Labute approximate surface area is 129 Å². The first-order valence-corrected chi connectivity index (χ1v) is 8.18. The van der Waals surface area contributed by atoms with Gasteiger partial charge in [-0.3, -0.25) is 4.79 Å². The average molecular weight is 290 g/mol. The molecule has 0 unspecified atom stereocenters. The van der Waals surface area contributed by atoms with Gasteiger partial charge in [-0.15, -0.1) is 0 Å². The monoisotopic (exact) mass is 290 g/mol. The zero-order valence-electron chi connectivity index (χ0n) is 14.1. The highest BCUT2D eigenvalue weighted by Crippen LogP contribution is 2.22. The summed E-state index contributed by atoms with van der Waals surface area (Å²) in [5.41, 5.74) is 2.52. The minimum atomic E-state index is -0.0774.